The van der Waals surface area contributed by atoms with E-state index in [0.717, 1.165) is 0 Å². The van der Waals surface area contributed by atoms with Crippen molar-refractivity contribution in [2.24, 2.45) is 0 Å². The van der Waals surface area contributed by atoms with Crippen molar-refractivity contribution in [3.05, 3.63) is 34.9 Å². The molecule has 118 valence electrons. The number of carbonyl (C=O) groups is 1. The zero-order valence-corrected chi connectivity index (χ0v) is 13.4. The first-order valence-corrected chi connectivity index (χ1v) is 9.22. The highest BCUT2D eigenvalue weighted by atomic mass is 32.2. The number of nitrogens with zero attached hydrogens (tertiary/aromatic N) is 3. The van der Waals surface area contributed by atoms with Crippen LogP contribution in [0.2, 0.25) is 0 Å². The van der Waals surface area contributed by atoms with Gasteiger partial charge in [0.25, 0.3) is 15.9 Å². The molecule has 1 aliphatic heterocycles. The fraction of sp³-hybridized carbons (Fsp3) is 0.385. The predicted molar refractivity (Wildman–Crippen MR) is 82.2 cm³/mol. The number of hydrogen-bond donors (Lipinski definition) is 1. The number of amides is 1. The van der Waals surface area contributed by atoms with Gasteiger partial charge < -0.3 is 9.88 Å². The van der Waals surface area contributed by atoms with Gasteiger partial charge in [-0.05, 0) is 17.9 Å². The zero-order valence-electron chi connectivity index (χ0n) is 11.8. The van der Waals surface area contributed by atoms with Crippen molar-refractivity contribution in [3.63, 3.8) is 0 Å². The average molecular weight is 340 g/mol. The number of imidazole rings is 1. The molecule has 0 spiro atoms. The number of hydrogen-bond acceptors (Lipinski definition) is 5. The van der Waals surface area contributed by atoms with Gasteiger partial charge in [0.1, 0.15) is 0 Å². The number of thiophene rings is 1. The van der Waals surface area contributed by atoms with Crippen molar-refractivity contribution < 1.29 is 13.2 Å². The van der Waals surface area contributed by atoms with Crippen LogP contribution in [0.3, 0.4) is 0 Å². The zero-order chi connectivity index (χ0) is 15.6. The lowest BCUT2D eigenvalue weighted by molar-refractivity contribution is 0.0769. The van der Waals surface area contributed by atoms with Crippen LogP contribution in [-0.2, 0) is 10.0 Å². The van der Waals surface area contributed by atoms with Gasteiger partial charge >= 0.3 is 0 Å². The Balaban J connectivity index is 1.72. The normalized spacial score (nSPS) is 17.4. The van der Waals surface area contributed by atoms with E-state index < -0.39 is 10.0 Å². The second-order valence-corrected chi connectivity index (χ2v) is 7.80. The summed E-state index contributed by atoms with van der Waals surface area (Å²) in [4.78, 5) is 21.1. The fourth-order valence-corrected chi connectivity index (χ4v) is 4.47. The van der Waals surface area contributed by atoms with Crippen molar-refractivity contribution in [2.75, 3.05) is 26.2 Å². The van der Waals surface area contributed by atoms with Gasteiger partial charge in [-0.1, -0.05) is 6.07 Å². The Hall–Kier alpha value is -1.71. The third-order valence-corrected chi connectivity index (χ3v) is 6.25. The van der Waals surface area contributed by atoms with E-state index in [1.165, 1.54) is 28.2 Å². The standard InChI is InChI=1S/C13H16N4O3S2/c18-13(11-3-1-8-21-11)16-4-2-5-17(7-6-16)22(19,20)12-9-14-10-15-12/h1,3,8-10H,2,4-7H2,(H,14,15). The molecule has 1 N–H and O–H groups in total. The van der Waals surface area contributed by atoms with Crippen molar-refractivity contribution in [1.29, 1.82) is 0 Å². The van der Waals surface area contributed by atoms with Gasteiger partial charge in [-0.25, -0.2) is 13.4 Å². The number of rotatable bonds is 3. The topological polar surface area (TPSA) is 86.4 Å². The molecule has 1 fully saturated rings. The van der Waals surface area contributed by atoms with E-state index in [9.17, 15) is 13.2 Å². The molecule has 1 aliphatic rings. The summed E-state index contributed by atoms with van der Waals surface area (Å²) >= 11 is 1.40. The molecule has 3 rings (SSSR count). The Bertz CT molecular complexity index is 725. The Morgan fingerprint density at radius 2 is 2.14 bits per heavy atom. The van der Waals surface area contributed by atoms with E-state index in [4.69, 9.17) is 0 Å². The number of sulfonamides is 1. The molecule has 0 radical (unpaired) electrons. The lowest BCUT2D eigenvalue weighted by atomic mass is 10.3. The highest BCUT2D eigenvalue weighted by Gasteiger charge is 2.29. The van der Waals surface area contributed by atoms with Gasteiger partial charge in [-0.15, -0.1) is 11.3 Å². The first-order valence-electron chi connectivity index (χ1n) is 6.90. The van der Waals surface area contributed by atoms with E-state index in [-0.39, 0.29) is 10.9 Å². The molecule has 2 aromatic heterocycles. The first-order chi connectivity index (χ1) is 10.6. The number of aromatic amines is 1. The molecule has 0 atom stereocenters. The molecule has 0 aliphatic carbocycles. The van der Waals surface area contributed by atoms with E-state index >= 15 is 0 Å². The quantitative estimate of drug-likeness (QED) is 0.903. The van der Waals surface area contributed by atoms with Crippen LogP contribution in [0.5, 0.6) is 0 Å². The van der Waals surface area contributed by atoms with Crippen molar-refractivity contribution in [1.82, 2.24) is 19.2 Å². The summed E-state index contributed by atoms with van der Waals surface area (Å²) in [5, 5.41) is 1.95. The van der Waals surface area contributed by atoms with Crippen LogP contribution in [0, 0.1) is 0 Å². The summed E-state index contributed by atoms with van der Waals surface area (Å²) in [6.07, 6.45) is 3.26. The minimum atomic E-state index is -3.57. The molecule has 0 unspecified atom stereocenters. The maximum Gasteiger partial charge on any atom is 0.263 e. The minimum Gasteiger partial charge on any atom is -0.337 e. The molecule has 0 saturated carbocycles. The highest BCUT2D eigenvalue weighted by Crippen LogP contribution is 2.17. The van der Waals surface area contributed by atoms with Crippen LogP contribution in [-0.4, -0.2) is 59.7 Å². The van der Waals surface area contributed by atoms with Gasteiger partial charge in [-0.3, -0.25) is 4.79 Å². The predicted octanol–water partition coefficient (Wildman–Crippen LogP) is 1.01. The molecular weight excluding hydrogens is 324 g/mol. The minimum absolute atomic E-state index is 0.0317. The summed E-state index contributed by atoms with van der Waals surface area (Å²) in [7, 11) is -3.57. The Morgan fingerprint density at radius 3 is 2.82 bits per heavy atom. The molecule has 9 heteroatoms. The largest absolute Gasteiger partial charge is 0.337 e. The lowest BCUT2D eigenvalue weighted by Crippen LogP contribution is -2.37. The number of nitrogens with one attached hydrogen (secondary N) is 1. The van der Waals surface area contributed by atoms with Crippen LogP contribution >= 0.6 is 11.3 Å². The highest BCUT2D eigenvalue weighted by molar-refractivity contribution is 7.89. The Morgan fingerprint density at radius 1 is 1.27 bits per heavy atom. The molecule has 2 aromatic rings. The summed E-state index contributed by atoms with van der Waals surface area (Å²) in [6.45, 7) is 1.64. The number of carbonyl (C=O) groups excluding carboxylic acids is 1. The summed E-state index contributed by atoms with van der Waals surface area (Å²) < 4.78 is 26.3. The Labute approximate surface area is 132 Å². The smallest absolute Gasteiger partial charge is 0.263 e. The van der Waals surface area contributed by atoms with Crippen molar-refractivity contribution in [3.8, 4) is 0 Å². The third kappa shape index (κ3) is 2.92. The van der Waals surface area contributed by atoms with Crippen LogP contribution in [0.1, 0.15) is 16.1 Å². The van der Waals surface area contributed by atoms with Crippen LogP contribution in [0.15, 0.2) is 35.1 Å². The SMILES string of the molecule is O=C(c1cccs1)N1CCCN(S(=O)(=O)c2cnc[nH]2)CC1. The fourth-order valence-electron chi connectivity index (χ4n) is 2.42. The van der Waals surface area contributed by atoms with Crippen LogP contribution < -0.4 is 0 Å². The number of aromatic nitrogens is 2. The summed E-state index contributed by atoms with van der Waals surface area (Å²) in [6, 6.07) is 3.63. The van der Waals surface area contributed by atoms with Crippen LogP contribution in [0.4, 0.5) is 0 Å². The molecule has 7 nitrogen and oxygen atoms in total. The molecule has 0 aromatic carbocycles. The summed E-state index contributed by atoms with van der Waals surface area (Å²) in [5.74, 6) is -0.0317. The number of H-pyrrole nitrogens is 1. The molecule has 3 heterocycles. The van der Waals surface area contributed by atoms with Crippen molar-refractivity contribution >= 4 is 27.3 Å². The van der Waals surface area contributed by atoms with E-state index in [1.54, 1.807) is 11.0 Å². The average Bonchev–Trinajstić information content (AvgIpc) is 3.16. The summed E-state index contributed by atoms with van der Waals surface area (Å²) in [5.41, 5.74) is 0. The monoisotopic (exact) mass is 340 g/mol. The van der Waals surface area contributed by atoms with Gasteiger partial charge in [-0.2, -0.15) is 4.31 Å². The maximum absolute atomic E-state index is 12.5. The maximum atomic E-state index is 12.5. The van der Waals surface area contributed by atoms with Crippen molar-refractivity contribution in [2.45, 2.75) is 11.4 Å². The van der Waals surface area contributed by atoms with Gasteiger partial charge in [0, 0.05) is 26.2 Å². The van der Waals surface area contributed by atoms with E-state index in [1.807, 2.05) is 11.4 Å². The lowest BCUT2D eigenvalue weighted by Gasteiger charge is -2.21. The van der Waals surface area contributed by atoms with Crippen LogP contribution in [0.25, 0.3) is 0 Å². The molecule has 0 bridgehead atoms. The van der Waals surface area contributed by atoms with E-state index in [0.29, 0.717) is 37.5 Å². The third-order valence-electron chi connectivity index (χ3n) is 3.56. The van der Waals surface area contributed by atoms with Gasteiger partial charge in [0.2, 0.25) is 0 Å². The molecule has 1 saturated heterocycles. The molecule has 1 amide bonds. The molecule has 22 heavy (non-hydrogen) atoms. The second-order valence-electron chi connectivity index (χ2n) is 4.94. The molecular formula is C13H16N4O3S2. The van der Waals surface area contributed by atoms with Gasteiger partial charge in [0.15, 0.2) is 5.03 Å². The first kappa shape index (κ1) is 15.2. The van der Waals surface area contributed by atoms with Gasteiger partial charge in [0.05, 0.1) is 17.4 Å². The second kappa shape index (κ2) is 6.19. The Kier molecular flexibility index (Phi) is 4.27. The van der Waals surface area contributed by atoms with E-state index in [2.05, 4.69) is 9.97 Å².